The highest BCUT2D eigenvalue weighted by Crippen LogP contribution is 2.19. The molecule has 0 atom stereocenters. The van der Waals surface area contributed by atoms with Crippen molar-refractivity contribution in [3.05, 3.63) is 72.3 Å². The van der Waals surface area contributed by atoms with E-state index in [1.54, 1.807) is 17.1 Å². The molecular formula is C23H28N6O. The van der Waals surface area contributed by atoms with Gasteiger partial charge in [-0.25, -0.2) is 4.68 Å². The third-order valence-electron chi connectivity index (χ3n) is 5.77. The summed E-state index contributed by atoms with van der Waals surface area (Å²) < 4.78 is 1.66. The third kappa shape index (κ3) is 4.74. The van der Waals surface area contributed by atoms with Crippen LogP contribution in [0.15, 0.2) is 60.9 Å². The van der Waals surface area contributed by atoms with Crippen LogP contribution in [0, 0.1) is 0 Å². The number of para-hydroxylation sites is 1. The Morgan fingerprint density at radius 3 is 2.57 bits per heavy atom. The molecule has 1 aromatic carbocycles. The maximum absolute atomic E-state index is 13.4. The lowest BCUT2D eigenvalue weighted by Crippen LogP contribution is -2.48. The quantitative estimate of drug-likeness (QED) is 0.606. The summed E-state index contributed by atoms with van der Waals surface area (Å²) in [7, 11) is 0. The average molecular weight is 405 g/mol. The molecule has 1 amide bonds. The van der Waals surface area contributed by atoms with Crippen molar-refractivity contribution in [1.82, 2.24) is 29.8 Å². The van der Waals surface area contributed by atoms with Crippen LogP contribution in [0.25, 0.3) is 5.69 Å². The zero-order chi connectivity index (χ0) is 20.8. The first-order valence-electron chi connectivity index (χ1n) is 10.7. The Hall–Kier alpha value is -3.06. The molecule has 1 aliphatic rings. The summed E-state index contributed by atoms with van der Waals surface area (Å²) in [4.78, 5) is 22.3. The number of nitrogens with zero attached hydrogens (tertiary/aromatic N) is 6. The standard InChI is InChI=1S/C23H28N6O/c1-2-27-15-12-20(13-16-27)28(17-11-19-8-6-7-14-24-19)23(30)22-18-29(26-25-22)21-9-4-3-5-10-21/h3-10,14,18,20H,2,11-13,15-17H2,1H3. The lowest BCUT2D eigenvalue weighted by atomic mass is 10.0. The van der Waals surface area contributed by atoms with Crippen LogP contribution in [0.1, 0.15) is 35.9 Å². The van der Waals surface area contributed by atoms with E-state index in [0.29, 0.717) is 12.2 Å². The van der Waals surface area contributed by atoms with E-state index in [1.807, 2.05) is 53.4 Å². The summed E-state index contributed by atoms with van der Waals surface area (Å²) >= 11 is 0. The molecule has 4 rings (SSSR count). The summed E-state index contributed by atoms with van der Waals surface area (Å²) in [6, 6.07) is 15.9. The SMILES string of the molecule is CCN1CCC(N(CCc2ccccn2)C(=O)c2cn(-c3ccccc3)nn2)CC1. The highest BCUT2D eigenvalue weighted by molar-refractivity contribution is 5.92. The molecule has 0 spiro atoms. The van der Waals surface area contributed by atoms with Crippen LogP contribution in [0.2, 0.25) is 0 Å². The van der Waals surface area contributed by atoms with E-state index in [2.05, 4.69) is 27.1 Å². The molecule has 1 fully saturated rings. The van der Waals surface area contributed by atoms with Crippen molar-refractivity contribution in [2.24, 2.45) is 0 Å². The van der Waals surface area contributed by atoms with Gasteiger partial charge in [0.2, 0.25) is 0 Å². The summed E-state index contributed by atoms with van der Waals surface area (Å²) in [5, 5.41) is 8.37. The monoisotopic (exact) mass is 404 g/mol. The topological polar surface area (TPSA) is 67.2 Å². The lowest BCUT2D eigenvalue weighted by molar-refractivity contribution is 0.0573. The minimum absolute atomic E-state index is 0.0527. The third-order valence-corrected chi connectivity index (χ3v) is 5.77. The molecule has 3 heterocycles. The second-order valence-electron chi connectivity index (χ2n) is 7.62. The molecule has 0 aliphatic carbocycles. The summed E-state index contributed by atoms with van der Waals surface area (Å²) in [5.74, 6) is -0.0527. The van der Waals surface area contributed by atoms with Gasteiger partial charge in [-0.3, -0.25) is 9.78 Å². The van der Waals surface area contributed by atoms with Gasteiger partial charge in [0.1, 0.15) is 0 Å². The predicted octanol–water partition coefficient (Wildman–Crippen LogP) is 2.83. The van der Waals surface area contributed by atoms with Crippen molar-refractivity contribution >= 4 is 5.91 Å². The van der Waals surface area contributed by atoms with Crippen LogP contribution in [0.4, 0.5) is 0 Å². The van der Waals surface area contributed by atoms with Gasteiger partial charge in [0.25, 0.3) is 5.91 Å². The molecule has 0 unspecified atom stereocenters. The first kappa shape index (κ1) is 20.2. The molecule has 3 aromatic rings. The van der Waals surface area contributed by atoms with Gasteiger partial charge >= 0.3 is 0 Å². The maximum Gasteiger partial charge on any atom is 0.276 e. The number of carbonyl (C=O) groups excluding carboxylic acids is 1. The fraction of sp³-hybridized carbons (Fsp3) is 0.391. The fourth-order valence-electron chi connectivity index (χ4n) is 3.99. The Balaban J connectivity index is 1.52. The van der Waals surface area contributed by atoms with Crippen molar-refractivity contribution in [2.45, 2.75) is 32.2 Å². The minimum Gasteiger partial charge on any atom is -0.334 e. The molecule has 7 nitrogen and oxygen atoms in total. The number of benzene rings is 1. The molecule has 2 aromatic heterocycles. The summed E-state index contributed by atoms with van der Waals surface area (Å²) in [6.45, 7) is 5.91. The molecule has 0 bridgehead atoms. The number of likely N-dealkylation sites (tertiary alicyclic amines) is 1. The van der Waals surface area contributed by atoms with Crippen LogP contribution in [0.3, 0.4) is 0 Å². The largest absolute Gasteiger partial charge is 0.334 e. The van der Waals surface area contributed by atoms with E-state index in [9.17, 15) is 4.79 Å². The minimum atomic E-state index is -0.0527. The number of piperidine rings is 1. The highest BCUT2D eigenvalue weighted by atomic mass is 16.2. The van der Waals surface area contributed by atoms with Crippen LogP contribution >= 0.6 is 0 Å². The second kappa shape index (κ2) is 9.63. The Bertz CT molecular complexity index is 935. The van der Waals surface area contributed by atoms with Gasteiger partial charge in [0, 0.05) is 44.0 Å². The van der Waals surface area contributed by atoms with Gasteiger partial charge in [-0.2, -0.15) is 0 Å². The second-order valence-corrected chi connectivity index (χ2v) is 7.62. The van der Waals surface area contributed by atoms with Gasteiger partial charge in [-0.1, -0.05) is 36.4 Å². The number of pyridine rings is 1. The molecule has 0 N–H and O–H groups in total. The van der Waals surface area contributed by atoms with Crippen LogP contribution in [0.5, 0.6) is 0 Å². The Labute approximate surface area is 177 Å². The van der Waals surface area contributed by atoms with Gasteiger partial charge in [-0.15, -0.1) is 5.10 Å². The van der Waals surface area contributed by atoms with E-state index < -0.39 is 0 Å². The molecule has 156 valence electrons. The van der Waals surface area contributed by atoms with Crippen molar-refractivity contribution < 1.29 is 4.79 Å². The van der Waals surface area contributed by atoms with Gasteiger partial charge in [-0.05, 0) is 43.7 Å². The van der Waals surface area contributed by atoms with E-state index in [1.165, 1.54) is 0 Å². The molecular weight excluding hydrogens is 376 g/mol. The van der Waals surface area contributed by atoms with Gasteiger partial charge < -0.3 is 9.80 Å². The number of carbonyl (C=O) groups is 1. The van der Waals surface area contributed by atoms with Gasteiger partial charge in [0.05, 0.1) is 11.9 Å². The van der Waals surface area contributed by atoms with Gasteiger partial charge in [0.15, 0.2) is 5.69 Å². The van der Waals surface area contributed by atoms with E-state index in [0.717, 1.165) is 50.3 Å². The lowest BCUT2D eigenvalue weighted by Gasteiger charge is -2.38. The molecule has 0 radical (unpaired) electrons. The number of aromatic nitrogens is 4. The van der Waals surface area contributed by atoms with Crippen LogP contribution < -0.4 is 0 Å². The number of amides is 1. The Kier molecular flexibility index (Phi) is 6.49. The first-order valence-corrected chi connectivity index (χ1v) is 10.7. The molecule has 0 saturated carbocycles. The van der Waals surface area contributed by atoms with Crippen molar-refractivity contribution in [3.8, 4) is 5.69 Å². The van der Waals surface area contributed by atoms with Crippen molar-refractivity contribution in [3.63, 3.8) is 0 Å². The predicted molar refractivity (Wildman–Crippen MR) is 115 cm³/mol. The zero-order valence-electron chi connectivity index (χ0n) is 17.4. The number of hydrogen-bond donors (Lipinski definition) is 0. The highest BCUT2D eigenvalue weighted by Gasteiger charge is 2.29. The van der Waals surface area contributed by atoms with E-state index in [-0.39, 0.29) is 11.9 Å². The van der Waals surface area contributed by atoms with E-state index >= 15 is 0 Å². The molecule has 1 aliphatic heterocycles. The first-order chi connectivity index (χ1) is 14.7. The zero-order valence-corrected chi connectivity index (χ0v) is 17.4. The van der Waals surface area contributed by atoms with Crippen molar-refractivity contribution in [1.29, 1.82) is 0 Å². The Morgan fingerprint density at radius 1 is 1.10 bits per heavy atom. The molecule has 1 saturated heterocycles. The van der Waals surface area contributed by atoms with Crippen LogP contribution in [-0.4, -0.2) is 67.9 Å². The maximum atomic E-state index is 13.4. The summed E-state index contributed by atoms with van der Waals surface area (Å²) in [5.41, 5.74) is 2.27. The Morgan fingerprint density at radius 2 is 1.87 bits per heavy atom. The van der Waals surface area contributed by atoms with Crippen molar-refractivity contribution in [2.75, 3.05) is 26.2 Å². The number of hydrogen-bond acceptors (Lipinski definition) is 5. The average Bonchev–Trinajstić information content (AvgIpc) is 3.31. The van der Waals surface area contributed by atoms with Crippen LogP contribution in [-0.2, 0) is 6.42 Å². The normalized spacial score (nSPS) is 15.2. The smallest absolute Gasteiger partial charge is 0.276 e. The fourth-order valence-corrected chi connectivity index (χ4v) is 3.99. The number of rotatable bonds is 7. The van der Waals surface area contributed by atoms with E-state index in [4.69, 9.17) is 0 Å². The molecule has 30 heavy (non-hydrogen) atoms. The molecule has 7 heteroatoms. The summed E-state index contributed by atoms with van der Waals surface area (Å²) in [6.07, 6.45) is 6.22.